The Hall–Kier alpha value is -1.59. The summed E-state index contributed by atoms with van der Waals surface area (Å²) in [6.45, 7) is 0. The second-order valence-corrected chi connectivity index (χ2v) is 5.02. The van der Waals surface area contributed by atoms with Gasteiger partial charge in [0, 0.05) is 35.3 Å². The van der Waals surface area contributed by atoms with Crippen molar-refractivity contribution >= 4 is 44.8 Å². The first-order chi connectivity index (χ1) is 9.11. The van der Waals surface area contributed by atoms with Crippen molar-refractivity contribution in [2.45, 2.75) is 0 Å². The molecule has 2 aromatic rings. The molecule has 2 N–H and O–H groups in total. The fourth-order valence-electron chi connectivity index (χ4n) is 1.57. The van der Waals surface area contributed by atoms with E-state index in [1.165, 1.54) is 6.20 Å². The first kappa shape index (κ1) is 13.8. The number of aromatic nitrogens is 1. The number of benzene rings is 1. The zero-order valence-corrected chi connectivity index (χ0v) is 12.4. The highest BCUT2D eigenvalue weighted by Gasteiger charge is 2.11. The fourth-order valence-corrected chi connectivity index (χ4v) is 2.06. The predicted molar refractivity (Wildman–Crippen MR) is 80.9 cm³/mol. The first-order valence-corrected chi connectivity index (χ1v) is 6.67. The number of anilines is 2. The van der Waals surface area contributed by atoms with Crippen LogP contribution in [0.2, 0.25) is 5.02 Å². The predicted octanol–water partition coefficient (Wildman–Crippen LogP) is 3.79. The van der Waals surface area contributed by atoms with Crippen LogP contribution in [0.5, 0.6) is 0 Å². The van der Waals surface area contributed by atoms with Gasteiger partial charge in [0.1, 0.15) is 0 Å². The van der Waals surface area contributed by atoms with Gasteiger partial charge < -0.3 is 10.6 Å². The molecule has 0 fully saturated rings. The Bertz CT molecular complexity index is 619. The van der Waals surface area contributed by atoms with Crippen molar-refractivity contribution in [1.29, 1.82) is 0 Å². The highest BCUT2D eigenvalue weighted by molar-refractivity contribution is 9.10. The van der Waals surface area contributed by atoms with Gasteiger partial charge in [0.25, 0.3) is 5.91 Å². The average Bonchev–Trinajstić information content (AvgIpc) is 2.43. The molecule has 0 unspecified atom stereocenters. The molecule has 0 spiro atoms. The molecule has 1 heterocycles. The standard InChI is InChI=1S/C13H11BrClN3O/c1-16-12-4-5-17-7-9(12)13(19)18-8-2-3-11(15)10(14)6-8/h2-7H,1H3,(H,16,17)(H,18,19). The molecule has 0 aliphatic carbocycles. The van der Waals surface area contributed by atoms with E-state index in [2.05, 4.69) is 31.5 Å². The van der Waals surface area contributed by atoms with Gasteiger partial charge in [-0.1, -0.05) is 11.6 Å². The van der Waals surface area contributed by atoms with Gasteiger partial charge in [-0.2, -0.15) is 0 Å². The second kappa shape index (κ2) is 6.04. The summed E-state index contributed by atoms with van der Waals surface area (Å²) in [5, 5.41) is 6.34. The van der Waals surface area contributed by atoms with E-state index >= 15 is 0 Å². The molecule has 98 valence electrons. The molecule has 0 aliphatic heterocycles. The lowest BCUT2D eigenvalue weighted by molar-refractivity contribution is 0.102. The van der Waals surface area contributed by atoms with Crippen molar-refractivity contribution in [3.63, 3.8) is 0 Å². The van der Waals surface area contributed by atoms with Crippen molar-refractivity contribution in [2.24, 2.45) is 0 Å². The molecule has 0 saturated heterocycles. The Morgan fingerprint density at radius 1 is 1.37 bits per heavy atom. The fraction of sp³-hybridized carbons (Fsp3) is 0.0769. The zero-order valence-electron chi connectivity index (χ0n) is 10.1. The summed E-state index contributed by atoms with van der Waals surface area (Å²) in [7, 11) is 1.75. The summed E-state index contributed by atoms with van der Waals surface area (Å²) in [4.78, 5) is 16.1. The minimum atomic E-state index is -0.230. The van der Waals surface area contributed by atoms with Crippen LogP contribution in [0.15, 0.2) is 41.1 Å². The molecular formula is C13H11BrClN3O. The van der Waals surface area contributed by atoms with E-state index in [0.717, 1.165) is 10.2 Å². The minimum Gasteiger partial charge on any atom is -0.387 e. The monoisotopic (exact) mass is 339 g/mol. The van der Waals surface area contributed by atoms with Crippen LogP contribution in [-0.2, 0) is 0 Å². The largest absolute Gasteiger partial charge is 0.387 e. The third-order valence-electron chi connectivity index (χ3n) is 2.51. The van der Waals surface area contributed by atoms with Gasteiger partial charge >= 0.3 is 0 Å². The van der Waals surface area contributed by atoms with Crippen LogP contribution >= 0.6 is 27.5 Å². The van der Waals surface area contributed by atoms with Crippen molar-refractivity contribution < 1.29 is 4.79 Å². The van der Waals surface area contributed by atoms with Crippen LogP contribution in [-0.4, -0.2) is 17.9 Å². The molecule has 4 nitrogen and oxygen atoms in total. The summed E-state index contributed by atoms with van der Waals surface area (Å²) < 4.78 is 0.729. The van der Waals surface area contributed by atoms with E-state index in [9.17, 15) is 4.79 Å². The molecule has 0 saturated carbocycles. The second-order valence-electron chi connectivity index (χ2n) is 3.75. The lowest BCUT2D eigenvalue weighted by atomic mass is 10.2. The SMILES string of the molecule is CNc1ccncc1C(=O)Nc1ccc(Cl)c(Br)c1. The van der Waals surface area contributed by atoms with Crippen LogP contribution in [0.25, 0.3) is 0 Å². The van der Waals surface area contributed by atoms with Gasteiger partial charge in [0.05, 0.1) is 10.6 Å². The van der Waals surface area contributed by atoms with E-state index < -0.39 is 0 Å². The summed E-state index contributed by atoms with van der Waals surface area (Å²) in [5.41, 5.74) is 1.86. The Balaban J connectivity index is 2.23. The number of amides is 1. The molecular weight excluding hydrogens is 330 g/mol. The Labute approximate surface area is 124 Å². The van der Waals surface area contributed by atoms with Gasteiger partial charge in [0.15, 0.2) is 0 Å². The van der Waals surface area contributed by atoms with Gasteiger partial charge in [-0.05, 0) is 40.2 Å². The molecule has 0 atom stereocenters. The Morgan fingerprint density at radius 3 is 2.84 bits per heavy atom. The third-order valence-corrected chi connectivity index (χ3v) is 3.73. The van der Waals surface area contributed by atoms with Crippen LogP contribution < -0.4 is 10.6 Å². The number of nitrogens with zero attached hydrogens (tertiary/aromatic N) is 1. The molecule has 2 rings (SSSR count). The summed E-state index contributed by atoms with van der Waals surface area (Å²) in [5.74, 6) is -0.230. The summed E-state index contributed by atoms with van der Waals surface area (Å²) in [6, 6.07) is 6.94. The highest BCUT2D eigenvalue weighted by atomic mass is 79.9. The molecule has 0 radical (unpaired) electrons. The molecule has 1 aromatic carbocycles. The van der Waals surface area contributed by atoms with E-state index in [1.54, 1.807) is 37.5 Å². The number of halogens is 2. The minimum absolute atomic E-state index is 0.230. The normalized spacial score (nSPS) is 10.1. The number of rotatable bonds is 3. The lowest BCUT2D eigenvalue weighted by Gasteiger charge is -2.09. The van der Waals surface area contributed by atoms with Gasteiger partial charge in [-0.25, -0.2) is 0 Å². The lowest BCUT2D eigenvalue weighted by Crippen LogP contribution is -2.14. The Morgan fingerprint density at radius 2 is 2.16 bits per heavy atom. The smallest absolute Gasteiger partial charge is 0.259 e. The number of carbonyl (C=O) groups is 1. The summed E-state index contributed by atoms with van der Waals surface area (Å²) in [6.07, 6.45) is 3.15. The van der Waals surface area contributed by atoms with Gasteiger partial charge in [-0.3, -0.25) is 9.78 Å². The van der Waals surface area contributed by atoms with Crippen LogP contribution in [0.3, 0.4) is 0 Å². The maximum absolute atomic E-state index is 12.2. The maximum Gasteiger partial charge on any atom is 0.259 e. The topological polar surface area (TPSA) is 54.0 Å². The molecule has 1 aromatic heterocycles. The van der Waals surface area contributed by atoms with Crippen molar-refractivity contribution in [3.05, 3.63) is 51.7 Å². The number of pyridine rings is 1. The van der Waals surface area contributed by atoms with E-state index in [1.807, 2.05) is 0 Å². The Kier molecular flexibility index (Phi) is 4.39. The molecule has 0 aliphatic rings. The first-order valence-electron chi connectivity index (χ1n) is 5.50. The maximum atomic E-state index is 12.2. The van der Waals surface area contributed by atoms with E-state index in [4.69, 9.17) is 11.6 Å². The van der Waals surface area contributed by atoms with E-state index in [0.29, 0.717) is 16.3 Å². The number of hydrogen-bond donors (Lipinski definition) is 2. The molecule has 0 bridgehead atoms. The van der Waals surface area contributed by atoms with Crippen LogP contribution in [0.1, 0.15) is 10.4 Å². The van der Waals surface area contributed by atoms with Crippen molar-refractivity contribution in [1.82, 2.24) is 4.98 Å². The highest BCUT2D eigenvalue weighted by Crippen LogP contribution is 2.26. The van der Waals surface area contributed by atoms with Crippen molar-refractivity contribution in [2.75, 3.05) is 17.7 Å². The van der Waals surface area contributed by atoms with Crippen LogP contribution in [0.4, 0.5) is 11.4 Å². The average molecular weight is 341 g/mol. The number of hydrogen-bond acceptors (Lipinski definition) is 3. The summed E-state index contributed by atoms with van der Waals surface area (Å²) >= 11 is 9.21. The van der Waals surface area contributed by atoms with Gasteiger partial charge in [-0.15, -0.1) is 0 Å². The van der Waals surface area contributed by atoms with Crippen molar-refractivity contribution in [3.8, 4) is 0 Å². The van der Waals surface area contributed by atoms with E-state index in [-0.39, 0.29) is 5.91 Å². The molecule has 1 amide bonds. The quantitative estimate of drug-likeness (QED) is 0.894. The zero-order chi connectivity index (χ0) is 13.8. The number of nitrogens with one attached hydrogen (secondary N) is 2. The third kappa shape index (κ3) is 3.24. The van der Waals surface area contributed by atoms with Crippen LogP contribution in [0, 0.1) is 0 Å². The molecule has 6 heteroatoms. The van der Waals surface area contributed by atoms with Gasteiger partial charge in [0.2, 0.25) is 0 Å². The number of carbonyl (C=O) groups excluding carboxylic acids is 1. The molecule has 19 heavy (non-hydrogen) atoms.